The molecule has 0 spiro atoms. The van der Waals surface area contributed by atoms with Crippen LogP contribution in [0.25, 0.3) is 0 Å². The van der Waals surface area contributed by atoms with E-state index in [1.165, 1.54) is 23.5 Å². The highest BCUT2D eigenvalue weighted by atomic mass is 32.1. The standard InChI is InChI=1S/C22H20FN3O3S/c23-15-9-7-14(8-10-15)21(19-6-3-11-30-19)25-20(27)13-26-12-18(22(24)28)29-17-5-2-1-4-16(17)26/h1-11,18,21H,12-13H2,(H2,24,28)(H,25,27). The molecule has 8 heteroatoms. The Bertz CT molecular complexity index is 1040. The first-order valence-electron chi connectivity index (χ1n) is 9.39. The summed E-state index contributed by atoms with van der Waals surface area (Å²) >= 11 is 1.51. The molecule has 30 heavy (non-hydrogen) atoms. The van der Waals surface area contributed by atoms with E-state index >= 15 is 0 Å². The van der Waals surface area contributed by atoms with Gasteiger partial charge in [0.1, 0.15) is 11.6 Å². The number of benzene rings is 2. The lowest BCUT2D eigenvalue weighted by Gasteiger charge is -2.34. The summed E-state index contributed by atoms with van der Waals surface area (Å²) in [6, 6.07) is 16.7. The second-order valence-corrected chi connectivity index (χ2v) is 7.90. The minimum absolute atomic E-state index is 0.0211. The molecular weight excluding hydrogens is 405 g/mol. The number of amides is 2. The number of primary amides is 1. The van der Waals surface area contributed by atoms with Crippen LogP contribution in [-0.4, -0.2) is 31.0 Å². The third-order valence-electron chi connectivity index (χ3n) is 4.85. The molecule has 0 fully saturated rings. The average Bonchev–Trinajstić information content (AvgIpc) is 3.27. The Morgan fingerprint density at radius 3 is 2.63 bits per heavy atom. The van der Waals surface area contributed by atoms with Crippen molar-refractivity contribution < 1.29 is 18.7 Å². The zero-order chi connectivity index (χ0) is 21.1. The average molecular weight is 425 g/mol. The fraction of sp³-hybridized carbons (Fsp3) is 0.182. The SMILES string of the molecule is NC(=O)C1CN(CC(=O)NC(c2ccc(F)cc2)c2cccs2)c2ccccc2O1. The summed E-state index contributed by atoms with van der Waals surface area (Å²) in [5.41, 5.74) is 6.93. The highest BCUT2D eigenvalue weighted by Gasteiger charge is 2.30. The molecule has 2 heterocycles. The third kappa shape index (κ3) is 4.28. The number of nitrogens with one attached hydrogen (secondary N) is 1. The highest BCUT2D eigenvalue weighted by Crippen LogP contribution is 2.33. The number of para-hydroxylation sites is 2. The van der Waals surface area contributed by atoms with Gasteiger partial charge in [0, 0.05) is 4.88 Å². The Balaban J connectivity index is 1.55. The van der Waals surface area contributed by atoms with Crippen LogP contribution in [0.4, 0.5) is 10.1 Å². The number of fused-ring (bicyclic) bond motifs is 1. The number of rotatable bonds is 6. The first-order chi connectivity index (χ1) is 14.5. The fourth-order valence-electron chi connectivity index (χ4n) is 3.41. The largest absolute Gasteiger partial charge is 0.477 e. The molecule has 0 radical (unpaired) electrons. The van der Waals surface area contributed by atoms with E-state index in [0.717, 1.165) is 16.1 Å². The number of thiophene rings is 1. The molecule has 1 aliphatic rings. The molecule has 2 atom stereocenters. The van der Waals surface area contributed by atoms with Crippen LogP contribution in [0.15, 0.2) is 66.0 Å². The quantitative estimate of drug-likeness (QED) is 0.636. The van der Waals surface area contributed by atoms with Crippen molar-refractivity contribution in [2.45, 2.75) is 12.1 Å². The molecule has 0 saturated carbocycles. The number of anilines is 1. The lowest BCUT2D eigenvalue weighted by molar-refractivity contribution is -0.125. The normalized spacial score (nSPS) is 16.3. The van der Waals surface area contributed by atoms with E-state index < -0.39 is 18.1 Å². The van der Waals surface area contributed by atoms with Gasteiger partial charge in [0.05, 0.1) is 24.8 Å². The van der Waals surface area contributed by atoms with Crippen LogP contribution in [0.2, 0.25) is 0 Å². The predicted octanol–water partition coefficient (Wildman–Crippen LogP) is 2.85. The van der Waals surface area contributed by atoms with E-state index in [2.05, 4.69) is 5.32 Å². The first-order valence-corrected chi connectivity index (χ1v) is 10.3. The zero-order valence-electron chi connectivity index (χ0n) is 16.0. The van der Waals surface area contributed by atoms with Crippen LogP contribution < -0.4 is 20.7 Å². The van der Waals surface area contributed by atoms with Crippen molar-refractivity contribution in [2.75, 3.05) is 18.0 Å². The minimum Gasteiger partial charge on any atom is -0.477 e. The number of nitrogens with two attached hydrogens (primary N) is 1. The van der Waals surface area contributed by atoms with Gasteiger partial charge in [0.15, 0.2) is 6.10 Å². The maximum absolute atomic E-state index is 13.4. The molecule has 0 bridgehead atoms. The summed E-state index contributed by atoms with van der Waals surface area (Å²) in [6.07, 6.45) is -0.835. The van der Waals surface area contributed by atoms with Gasteiger partial charge in [0.2, 0.25) is 5.91 Å². The second-order valence-electron chi connectivity index (χ2n) is 6.92. The Morgan fingerprint density at radius 2 is 1.93 bits per heavy atom. The molecule has 0 saturated heterocycles. The van der Waals surface area contributed by atoms with Crippen LogP contribution in [-0.2, 0) is 9.59 Å². The van der Waals surface area contributed by atoms with Crippen molar-refractivity contribution in [1.29, 1.82) is 0 Å². The molecule has 0 aliphatic carbocycles. The van der Waals surface area contributed by atoms with Crippen LogP contribution in [0.1, 0.15) is 16.5 Å². The number of halogens is 1. The maximum atomic E-state index is 13.4. The van der Waals surface area contributed by atoms with Crippen molar-refractivity contribution in [3.8, 4) is 5.75 Å². The van der Waals surface area contributed by atoms with E-state index in [-0.39, 0.29) is 24.8 Å². The van der Waals surface area contributed by atoms with Crippen molar-refractivity contribution in [3.05, 3.63) is 82.3 Å². The Kier molecular flexibility index (Phi) is 5.67. The van der Waals surface area contributed by atoms with E-state index in [4.69, 9.17) is 10.5 Å². The fourth-order valence-corrected chi connectivity index (χ4v) is 4.22. The number of ether oxygens (including phenoxy) is 1. The summed E-state index contributed by atoms with van der Waals surface area (Å²) in [7, 11) is 0. The van der Waals surface area contributed by atoms with Gasteiger partial charge in [-0.2, -0.15) is 0 Å². The van der Waals surface area contributed by atoms with Crippen molar-refractivity contribution >= 4 is 28.8 Å². The number of carbonyl (C=O) groups is 2. The van der Waals surface area contributed by atoms with E-state index in [9.17, 15) is 14.0 Å². The maximum Gasteiger partial charge on any atom is 0.260 e. The van der Waals surface area contributed by atoms with Gasteiger partial charge in [-0.1, -0.05) is 30.3 Å². The monoisotopic (exact) mass is 425 g/mol. The van der Waals surface area contributed by atoms with Gasteiger partial charge in [-0.05, 0) is 41.3 Å². The molecule has 154 valence electrons. The van der Waals surface area contributed by atoms with Gasteiger partial charge < -0.3 is 20.7 Å². The third-order valence-corrected chi connectivity index (χ3v) is 5.79. The second kappa shape index (κ2) is 8.54. The molecule has 2 amide bonds. The Labute approximate surface area is 177 Å². The molecule has 3 aromatic rings. The summed E-state index contributed by atoms with van der Waals surface area (Å²) in [4.78, 5) is 27.4. The number of hydrogen-bond acceptors (Lipinski definition) is 5. The number of nitrogens with zero attached hydrogens (tertiary/aromatic N) is 1. The smallest absolute Gasteiger partial charge is 0.260 e. The van der Waals surface area contributed by atoms with E-state index in [1.807, 2.05) is 29.6 Å². The van der Waals surface area contributed by atoms with Gasteiger partial charge in [-0.15, -0.1) is 11.3 Å². The van der Waals surface area contributed by atoms with Crippen molar-refractivity contribution in [3.63, 3.8) is 0 Å². The molecule has 4 rings (SSSR count). The van der Waals surface area contributed by atoms with Crippen molar-refractivity contribution in [1.82, 2.24) is 5.32 Å². The topological polar surface area (TPSA) is 84.7 Å². The van der Waals surface area contributed by atoms with Crippen molar-refractivity contribution in [2.24, 2.45) is 5.73 Å². The summed E-state index contributed by atoms with van der Waals surface area (Å²) in [6.45, 7) is 0.202. The van der Waals surface area contributed by atoms with Gasteiger partial charge in [0.25, 0.3) is 5.91 Å². The van der Waals surface area contributed by atoms with Gasteiger partial charge >= 0.3 is 0 Å². The molecule has 3 N–H and O–H groups in total. The summed E-state index contributed by atoms with van der Waals surface area (Å²) in [5.74, 6) is -0.651. The summed E-state index contributed by atoms with van der Waals surface area (Å²) < 4.78 is 19.0. The molecule has 1 aliphatic heterocycles. The molecule has 2 aromatic carbocycles. The molecule has 6 nitrogen and oxygen atoms in total. The van der Waals surface area contributed by atoms with Gasteiger partial charge in [-0.3, -0.25) is 9.59 Å². The first kappa shape index (κ1) is 19.9. The van der Waals surface area contributed by atoms with Crippen LogP contribution in [0.5, 0.6) is 5.75 Å². The van der Waals surface area contributed by atoms with E-state index in [1.54, 1.807) is 29.2 Å². The number of carbonyl (C=O) groups excluding carboxylic acids is 2. The minimum atomic E-state index is -0.835. The lowest BCUT2D eigenvalue weighted by atomic mass is 10.1. The Hall–Kier alpha value is -3.39. The Morgan fingerprint density at radius 1 is 1.17 bits per heavy atom. The summed E-state index contributed by atoms with van der Waals surface area (Å²) in [5, 5.41) is 4.95. The number of hydrogen-bond donors (Lipinski definition) is 2. The van der Waals surface area contributed by atoms with Gasteiger partial charge in [-0.25, -0.2) is 4.39 Å². The van der Waals surface area contributed by atoms with Crippen LogP contribution in [0, 0.1) is 5.82 Å². The predicted molar refractivity (Wildman–Crippen MR) is 113 cm³/mol. The molecule has 2 unspecified atom stereocenters. The molecule has 1 aromatic heterocycles. The van der Waals surface area contributed by atoms with Crippen LogP contribution in [0.3, 0.4) is 0 Å². The van der Waals surface area contributed by atoms with E-state index in [0.29, 0.717) is 5.75 Å². The van der Waals surface area contributed by atoms with Crippen LogP contribution >= 0.6 is 11.3 Å². The lowest BCUT2D eigenvalue weighted by Crippen LogP contribution is -2.50. The molecular formula is C22H20FN3O3S. The highest BCUT2D eigenvalue weighted by molar-refractivity contribution is 7.10. The zero-order valence-corrected chi connectivity index (χ0v) is 16.8.